The summed E-state index contributed by atoms with van der Waals surface area (Å²) in [6, 6.07) is 62.8. The molecule has 254 valence electrons. The fourth-order valence-electron chi connectivity index (χ4n) is 9.13. The second-order valence-corrected chi connectivity index (χ2v) is 15.4. The Morgan fingerprint density at radius 1 is 0.509 bits per heavy atom. The Bertz CT molecular complexity index is 3210. The number of aromatic nitrogens is 2. The summed E-state index contributed by atoms with van der Waals surface area (Å²) < 4.78 is 11.5. The van der Waals surface area contributed by atoms with Gasteiger partial charge in [-0.15, -0.1) is 0 Å². The van der Waals surface area contributed by atoms with Crippen molar-refractivity contribution < 1.29 is 4.74 Å². The average Bonchev–Trinajstić information content (AvgIpc) is 3.76. The molecule has 0 spiro atoms. The first-order valence-corrected chi connectivity index (χ1v) is 19.3. The van der Waals surface area contributed by atoms with Crippen molar-refractivity contribution in [3.63, 3.8) is 0 Å². The molecule has 4 nitrogen and oxygen atoms in total. The topological polar surface area (TPSA) is 42.9 Å². The van der Waals surface area contributed by atoms with E-state index in [0.717, 1.165) is 50.5 Å². The lowest BCUT2D eigenvalue weighted by molar-refractivity contribution is 0.486. The first-order valence-electron chi connectivity index (χ1n) is 18.5. The van der Waals surface area contributed by atoms with E-state index in [4.69, 9.17) is 4.74 Å². The summed E-state index contributed by atoms with van der Waals surface area (Å²) in [5.74, 6) is 1.73. The average molecular weight is 718 g/mol. The van der Waals surface area contributed by atoms with Crippen LogP contribution in [0.5, 0.6) is 11.5 Å². The minimum Gasteiger partial charge on any atom is -0.458 e. The first kappa shape index (κ1) is 30.5. The highest BCUT2D eigenvalue weighted by Crippen LogP contribution is 2.41. The van der Waals surface area contributed by atoms with Crippen LogP contribution in [0.1, 0.15) is 5.56 Å². The van der Waals surface area contributed by atoms with E-state index in [9.17, 15) is 5.26 Å². The van der Waals surface area contributed by atoms with Crippen molar-refractivity contribution in [1.29, 1.82) is 5.26 Å². The third-order valence-corrected chi connectivity index (χ3v) is 12.6. The van der Waals surface area contributed by atoms with Gasteiger partial charge in [0.25, 0.3) is 6.71 Å². The van der Waals surface area contributed by atoms with Gasteiger partial charge in [0, 0.05) is 42.6 Å². The molecule has 55 heavy (non-hydrogen) atoms. The smallest absolute Gasteiger partial charge is 0.253 e. The molecule has 0 saturated carbocycles. The predicted octanol–water partition coefficient (Wildman–Crippen LogP) is 10.5. The van der Waals surface area contributed by atoms with Gasteiger partial charge in [-0.3, -0.25) is 0 Å². The van der Waals surface area contributed by atoms with Gasteiger partial charge in [-0.1, -0.05) is 114 Å². The molecule has 0 amide bonds. The zero-order valence-corrected chi connectivity index (χ0v) is 30.2. The fraction of sp³-hybridized carbons (Fsp3) is 0. The van der Waals surface area contributed by atoms with Gasteiger partial charge in [0.15, 0.2) is 0 Å². The van der Waals surface area contributed by atoms with Crippen LogP contribution < -0.4 is 21.1 Å². The zero-order valence-electron chi connectivity index (χ0n) is 29.4. The summed E-state index contributed by atoms with van der Waals surface area (Å²) >= 11 is 1.83. The molecule has 6 heteroatoms. The van der Waals surface area contributed by atoms with Crippen LogP contribution in [0.25, 0.3) is 66.1 Å². The minimum atomic E-state index is 0.0229. The zero-order chi connectivity index (χ0) is 36.2. The van der Waals surface area contributed by atoms with Gasteiger partial charge in [-0.2, -0.15) is 5.26 Å². The Morgan fingerprint density at radius 3 is 1.78 bits per heavy atom. The van der Waals surface area contributed by atoms with Gasteiger partial charge in [0.05, 0.1) is 39.4 Å². The monoisotopic (exact) mass is 717 g/mol. The van der Waals surface area contributed by atoms with Crippen molar-refractivity contribution in [1.82, 2.24) is 9.13 Å². The van der Waals surface area contributed by atoms with E-state index < -0.39 is 0 Å². The predicted molar refractivity (Wildman–Crippen MR) is 227 cm³/mol. The molecular formula is C49H28BN3OS. The molecule has 0 unspecified atom stereocenters. The lowest BCUT2D eigenvalue weighted by Crippen LogP contribution is -2.57. The maximum Gasteiger partial charge on any atom is 0.253 e. The third-order valence-electron chi connectivity index (χ3n) is 11.5. The van der Waals surface area contributed by atoms with E-state index in [1.807, 2.05) is 23.9 Å². The molecule has 0 bridgehead atoms. The molecule has 0 N–H and O–H groups in total. The molecule has 2 aromatic heterocycles. The van der Waals surface area contributed by atoms with Crippen molar-refractivity contribution in [2.45, 2.75) is 9.79 Å². The number of rotatable bonds is 3. The third kappa shape index (κ3) is 4.36. The fourth-order valence-corrected chi connectivity index (χ4v) is 10.3. The van der Waals surface area contributed by atoms with E-state index in [-0.39, 0.29) is 6.71 Å². The Balaban J connectivity index is 1.03. The number of hydrogen-bond donors (Lipinski definition) is 0. The SMILES string of the molecule is N#Cc1ccc(-n2c3ccccc3c3ccccc32)c(-c2ccc3c(c2)Oc2cccc4c2B3c2ccc(-n3c5ccccc5c5ccccc53)cc2S4)c1. The van der Waals surface area contributed by atoms with E-state index in [0.29, 0.717) is 5.56 Å². The van der Waals surface area contributed by atoms with Crippen LogP contribution in [0.4, 0.5) is 0 Å². The normalized spacial score (nSPS) is 12.7. The Morgan fingerprint density at radius 2 is 1.13 bits per heavy atom. The van der Waals surface area contributed by atoms with E-state index in [1.165, 1.54) is 53.3 Å². The number of nitriles is 1. The number of hydrogen-bond acceptors (Lipinski definition) is 3. The van der Waals surface area contributed by atoms with Crippen molar-refractivity contribution >= 4 is 78.5 Å². The number of benzene rings is 8. The molecule has 4 heterocycles. The second kappa shape index (κ2) is 11.5. The molecule has 0 radical (unpaired) electrons. The maximum atomic E-state index is 10.1. The van der Waals surface area contributed by atoms with E-state index in [2.05, 4.69) is 173 Å². The Hall–Kier alpha value is -6.94. The van der Waals surface area contributed by atoms with Crippen LogP contribution >= 0.6 is 11.8 Å². The van der Waals surface area contributed by atoms with Gasteiger partial charge in [-0.25, -0.2) is 0 Å². The van der Waals surface area contributed by atoms with Crippen molar-refractivity contribution in [2.24, 2.45) is 0 Å². The quantitative estimate of drug-likeness (QED) is 0.171. The highest BCUT2D eigenvalue weighted by molar-refractivity contribution is 8.00. The van der Waals surface area contributed by atoms with E-state index >= 15 is 0 Å². The Kier molecular flexibility index (Phi) is 6.40. The van der Waals surface area contributed by atoms with Crippen LogP contribution in [0.2, 0.25) is 0 Å². The molecule has 0 atom stereocenters. The van der Waals surface area contributed by atoms with Crippen molar-refractivity contribution in [2.75, 3.05) is 0 Å². The van der Waals surface area contributed by atoms with Gasteiger partial charge in [-0.05, 0) is 89.3 Å². The van der Waals surface area contributed by atoms with Gasteiger partial charge >= 0.3 is 0 Å². The molecule has 2 aliphatic heterocycles. The maximum absolute atomic E-state index is 10.1. The molecule has 0 fully saturated rings. The summed E-state index contributed by atoms with van der Waals surface area (Å²) in [4.78, 5) is 2.47. The molecule has 10 aromatic rings. The number of ether oxygens (including phenoxy) is 1. The van der Waals surface area contributed by atoms with Gasteiger partial charge in [0.1, 0.15) is 11.5 Å². The molecule has 8 aromatic carbocycles. The highest BCUT2D eigenvalue weighted by Gasteiger charge is 2.39. The number of fused-ring (bicyclic) bond motifs is 10. The summed E-state index contributed by atoms with van der Waals surface area (Å²) in [6.07, 6.45) is 0. The van der Waals surface area contributed by atoms with Crippen LogP contribution in [0.15, 0.2) is 180 Å². The van der Waals surface area contributed by atoms with Gasteiger partial charge in [0.2, 0.25) is 0 Å². The molecule has 12 rings (SSSR count). The van der Waals surface area contributed by atoms with Crippen LogP contribution in [-0.4, -0.2) is 15.8 Å². The van der Waals surface area contributed by atoms with Crippen LogP contribution in [0, 0.1) is 11.3 Å². The summed E-state index contributed by atoms with van der Waals surface area (Å²) in [6.45, 7) is 0.0229. The van der Waals surface area contributed by atoms with Gasteiger partial charge < -0.3 is 13.9 Å². The standard InChI is InChI=1S/C49H28BN3OS/c51-29-30-20-25-44(53-42-16-7-3-12-35(42)36-13-4-8-17-43(36)53)37(26-30)31-21-23-38-46(27-31)54-45-18-9-19-47-49(45)50(38)39-24-22-32(28-48(39)55-47)52-40-14-5-1-10-33(40)34-11-2-6-15-41(34)52/h1-28H. The summed E-state index contributed by atoms with van der Waals surface area (Å²) in [7, 11) is 0. The van der Waals surface area contributed by atoms with E-state index in [1.54, 1.807) is 0 Å². The lowest BCUT2D eigenvalue weighted by Gasteiger charge is -2.33. The van der Waals surface area contributed by atoms with Crippen LogP contribution in [-0.2, 0) is 0 Å². The molecule has 2 aliphatic rings. The summed E-state index contributed by atoms with van der Waals surface area (Å²) in [5.41, 5.74) is 13.1. The largest absolute Gasteiger partial charge is 0.458 e. The first-order chi connectivity index (χ1) is 27.2. The number of para-hydroxylation sites is 4. The highest BCUT2D eigenvalue weighted by atomic mass is 32.2. The summed E-state index contributed by atoms with van der Waals surface area (Å²) in [5, 5.41) is 15.0. The van der Waals surface area contributed by atoms with Crippen molar-refractivity contribution in [3.8, 4) is 40.1 Å². The molecule has 0 aliphatic carbocycles. The van der Waals surface area contributed by atoms with Crippen molar-refractivity contribution in [3.05, 3.63) is 175 Å². The van der Waals surface area contributed by atoms with Crippen LogP contribution in [0.3, 0.4) is 0 Å². The lowest BCUT2D eigenvalue weighted by atomic mass is 9.35. The molecular weight excluding hydrogens is 689 g/mol. The molecule has 0 saturated heterocycles. The number of nitrogens with zero attached hydrogens (tertiary/aromatic N) is 3. The minimum absolute atomic E-state index is 0.0229. The Labute approximate surface area is 321 Å². The second-order valence-electron chi connectivity index (χ2n) is 14.4.